The summed E-state index contributed by atoms with van der Waals surface area (Å²) in [6.07, 6.45) is 3.97. The van der Waals surface area contributed by atoms with Crippen LogP contribution in [0.25, 0.3) is 0 Å². The van der Waals surface area contributed by atoms with E-state index in [0.29, 0.717) is 32.4 Å². The van der Waals surface area contributed by atoms with Crippen LogP contribution < -0.4 is 10.0 Å². The van der Waals surface area contributed by atoms with E-state index in [1.165, 1.54) is 6.26 Å². The Morgan fingerprint density at radius 1 is 1.33 bits per heavy atom. The summed E-state index contributed by atoms with van der Waals surface area (Å²) in [5.74, 6) is 0.169. The van der Waals surface area contributed by atoms with Crippen molar-refractivity contribution >= 4 is 15.9 Å². The highest BCUT2D eigenvalue weighted by molar-refractivity contribution is 7.88. The Balaban J connectivity index is 2.28. The number of rotatable bonds is 6. The van der Waals surface area contributed by atoms with Gasteiger partial charge < -0.3 is 10.2 Å². The number of hydrogen-bond donors (Lipinski definition) is 2. The molecule has 106 valence electrons. The van der Waals surface area contributed by atoms with Crippen molar-refractivity contribution < 1.29 is 13.2 Å². The number of sulfonamides is 1. The Morgan fingerprint density at radius 3 is 2.44 bits per heavy atom. The van der Waals surface area contributed by atoms with Gasteiger partial charge in [-0.2, -0.15) is 0 Å². The molecule has 1 fully saturated rings. The third-order valence-electron chi connectivity index (χ3n) is 3.05. The quantitative estimate of drug-likeness (QED) is 0.643. The maximum absolute atomic E-state index is 11.8. The maximum atomic E-state index is 11.8. The van der Waals surface area contributed by atoms with Crippen LogP contribution in [0.2, 0.25) is 0 Å². The Hall–Kier alpha value is -0.660. The monoisotopic (exact) mass is 277 g/mol. The topological polar surface area (TPSA) is 78.5 Å². The van der Waals surface area contributed by atoms with Gasteiger partial charge in [0.1, 0.15) is 0 Å². The minimum atomic E-state index is -3.14. The highest BCUT2D eigenvalue weighted by Gasteiger charge is 2.23. The van der Waals surface area contributed by atoms with E-state index < -0.39 is 10.0 Å². The van der Waals surface area contributed by atoms with Gasteiger partial charge >= 0.3 is 0 Å². The van der Waals surface area contributed by atoms with Crippen LogP contribution in [0.5, 0.6) is 0 Å². The maximum Gasteiger partial charge on any atom is 0.222 e. The lowest BCUT2D eigenvalue weighted by Crippen LogP contribution is -2.46. The zero-order chi connectivity index (χ0) is 13.6. The van der Waals surface area contributed by atoms with Crippen molar-refractivity contribution in [3.05, 3.63) is 0 Å². The molecule has 0 spiro atoms. The van der Waals surface area contributed by atoms with Crippen LogP contribution in [-0.2, 0) is 14.8 Å². The fourth-order valence-corrected chi connectivity index (χ4v) is 2.97. The zero-order valence-corrected chi connectivity index (χ0v) is 11.9. The first kappa shape index (κ1) is 15.4. The summed E-state index contributed by atoms with van der Waals surface area (Å²) in [6.45, 7) is 2.13. The molecule has 1 aliphatic heterocycles. The molecule has 1 amide bonds. The molecular formula is C11H23N3O3S. The smallest absolute Gasteiger partial charge is 0.222 e. The molecule has 2 N–H and O–H groups in total. The highest BCUT2D eigenvalue weighted by atomic mass is 32.2. The van der Waals surface area contributed by atoms with Crippen molar-refractivity contribution in [2.24, 2.45) is 0 Å². The minimum Gasteiger partial charge on any atom is -0.343 e. The Bertz CT molecular complexity index is 362. The fraction of sp³-hybridized carbons (Fsp3) is 0.909. The van der Waals surface area contributed by atoms with Gasteiger partial charge in [0.2, 0.25) is 15.9 Å². The molecule has 0 aliphatic carbocycles. The van der Waals surface area contributed by atoms with Gasteiger partial charge in [-0.15, -0.1) is 0 Å². The number of carbonyl (C=O) groups is 1. The van der Waals surface area contributed by atoms with Gasteiger partial charge in [0, 0.05) is 25.6 Å². The molecule has 0 unspecified atom stereocenters. The van der Waals surface area contributed by atoms with Crippen molar-refractivity contribution in [3.8, 4) is 0 Å². The molecule has 6 nitrogen and oxygen atoms in total. The van der Waals surface area contributed by atoms with E-state index in [2.05, 4.69) is 10.0 Å². The molecule has 0 aromatic heterocycles. The van der Waals surface area contributed by atoms with E-state index in [1.807, 2.05) is 11.9 Å². The number of likely N-dealkylation sites (tertiary alicyclic amines) is 1. The second-order valence-electron chi connectivity index (χ2n) is 4.75. The van der Waals surface area contributed by atoms with Crippen LogP contribution in [0.15, 0.2) is 0 Å². The van der Waals surface area contributed by atoms with Gasteiger partial charge in [-0.3, -0.25) is 4.79 Å². The molecule has 0 aromatic rings. The predicted octanol–water partition coefficient (Wildman–Crippen LogP) is -0.474. The normalized spacial score (nSPS) is 18.0. The number of piperidine rings is 1. The van der Waals surface area contributed by atoms with Crippen molar-refractivity contribution in [3.63, 3.8) is 0 Å². The lowest BCUT2D eigenvalue weighted by atomic mass is 10.1. The van der Waals surface area contributed by atoms with Gasteiger partial charge in [-0.25, -0.2) is 13.1 Å². The summed E-state index contributed by atoms with van der Waals surface area (Å²) in [7, 11) is -1.27. The largest absolute Gasteiger partial charge is 0.343 e. The van der Waals surface area contributed by atoms with Crippen LogP contribution in [0.3, 0.4) is 0 Å². The molecule has 0 aromatic carbocycles. The Kier molecular flexibility index (Phi) is 6.04. The number of nitrogens with one attached hydrogen (secondary N) is 2. The van der Waals surface area contributed by atoms with Crippen molar-refractivity contribution in [1.82, 2.24) is 14.9 Å². The molecule has 18 heavy (non-hydrogen) atoms. The van der Waals surface area contributed by atoms with Crippen molar-refractivity contribution in [2.45, 2.75) is 31.7 Å². The average molecular weight is 277 g/mol. The summed E-state index contributed by atoms with van der Waals surface area (Å²) in [5, 5.41) is 3.01. The first-order chi connectivity index (χ1) is 8.42. The van der Waals surface area contributed by atoms with E-state index in [1.54, 1.807) is 0 Å². The van der Waals surface area contributed by atoms with Gasteiger partial charge in [0.15, 0.2) is 0 Å². The summed E-state index contributed by atoms with van der Waals surface area (Å²) in [4.78, 5) is 13.7. The van der Waals surface area contributed by atoms with Gasteiger partial charge in [0.25, 0.3) is 0 Å². The SMILES string of the molecule is CNCCCC(=O)N1CCC(NS(C)(=O)=O)CC1. The van der Waals surface area contributed by atoms with Crippen LogP contribution in [0.4, 0.5) is 0 Å². The minimum absolute atomic E-state index is 0.0265. The van der Waals surface area contributed by atoms with E-state index in [9.17, 15) is 13.2 Å². The van der Waals surface area contributed by atoms with Gasteiger partial charge in [-0.05, 0) is 32.9 Å². The fourth-order valence-electron chi connectivity index (χ4n) is 2.12. The summed E-state index contributed by atoms with van der Waals surface area (Å²) >= 11 is 0. The average Bonchev–Trinajstić information content (AvgIpc) is 2.28. The van der Waals surface area contributed by atoms with E-state index in [4.69, 9.17) is 0 Å². The number of hydrogen-bond acceptors (Lipinski definition) is 4. The summed E-state index contributed by atoms with van der Waals surface area (Å²) in [5.41, 5.74) is 0. The third kappa shape index (κ3) is 5.79. The van der Waals surface area contributed by atoms with E-state index in [-0.39, 0.29) is 11.9 Å². The molecule has 0 atom stereocenters. The predicted molar refractivity (Wildman–Crippen MR) is 70.7 cm³/mol. The number of nitrogens with zero attached hydrogens (tertiary/aromatic N) is 1. The number of carbonyl (C=O) groups excluding carboxylic acids is 1. The Morgan fingerprint density at radius 2 is 1.94 bits per heavy atom. The number of amides is 1. The summed E-state index contributed by atoms with van der Waals surface area (Å²) in [6, 6.07) is -0.0265. The second-order valence-corrected chi connectivity index (χ2v) is 6.53. The van der Waals surface area contributed by atoms with Crippen LogP contribution in [0, 0.1) is 0 Å². The van der Waals surface area contributed by atoms with Crippen molar-refractivity contribution in [1.29, 1.82) is 0 Å². The highest BCUT2D eigenvalue weighted by Crippen LogP contribution is 2.12. The lowest BCUT2D eigenvalue weighted by molar-refractivity contribution is -0.132. The lowest BCUT2D eigenvalue weighted by Gasteiger charge is -2.32. The first-order valence-electron chi connectivity index (χ1n) is 6.32. The second kappa shape index (κ2) is 7.06. The Labute approximate surface area is 109 Å². The summed E-state index contributed by atoms with van der Waals surface area (Å²) < 4.78 is 24.8. The molecule has 7 heteroatoms. The molecule has 1 heterocycles. The van der Waals surface area contributed by atoms with Crippen molar-refractivity contribution in [2.75, 3.05) is 32.9 Å². The molecule has 0 bridgehead atoms. The molecule has 1 aliphatic rings. The van der Waals surface area contributed by atoms with E-state index >= 15 is 0 Å². The van der Waals surface area contributed by atoms with Gasteiger partial charge in [-0.1, -0.05) is 0 Å². The molecule has 0 saturated carbocycles. The van der Waals surface area contributed by atoms with Gasteiger partial charge in [0.05, 0.1) is 6.26 Å². The molecule has 1 saturated heterocycles. The molecule has 1 rings (SSSR count). The van der Waals surface area contributed by atoms with Crippen LogP contribution in [-0.4, -0.2) is 58.2 Å². The molecule has 0 radical (unpaired) electrons. The standard InChI is InChI=1S/C11H23N3O3S/c1-12-7-3-4-11(15)14-8-5-10(6-9-14)13-18(2,16)17/h10,12-13H,3-9H2,1-2H3. The van der Waals surface area contributed by atoms with Crippen LogP contribution in [0.1, 0.15) is 25.7 Å². The molecular weight excluding hydrogens is 254 g/mol. The third-order valence-corrected chi connectivity index (χ3v) is 3.81. The van der Waals surface area contributed by atoms with E-state index in [0.717, 1.165) is 13.0 Å². The first-order valence-corrected chi connectivity index (χ1v) is 8.21. The van der Waals surface area contributed by atoms with Crippen LogP contribution >= 0.6 is 0 Å². The zero-order valence-electron chi connectivity index (χ0n) is 11.1.